The Balaban J connectivity index is 2.04. The van der Waals surface area contributed by atoms with E-state index in [1.807, 2.05) is 6.08 Å². The Labute approximate surface area is 147 Å². The smallest absolute Gasteiger partial charge is 0.166 e. The fourth-order valence-electron chi connectivity index (χ4n) is 2.74. The van der Waals surface area contributed by atoms with Crippen LogP contribution < -0.4 is 0 Å². The number of allylic oxidation sites excluding steroid dienone is 3. The van der Waals surface area contributed by atoms with Crippen LogP contribution in [0.25, 0.3) is 0 Å². The van der Waals surface area contributed by atoms with E-state index in [0.717, 1.165) is 18.6 Å². The number of ether oxygens (including phenoxy) is 1. The molecule has 0 fully saturated rings. The first-order valence-electron chi connectivity index (χ1n) is 8.24. The maximum absolute atomic E-state index is 5.39. The van der Waals surface area contributed by atoms with Crippen molar-refractivity contribution >= 4 is 10.9 Å². The van der Waals surface area contributed by atoms with Crippen molar-refractivity contribution in [2.24, 2.45) is 0 Å². The van der Waals surface area contributed by atoms with Crippen molar-refractivity contribution in [2.45, 2.75) is 36.5 Å². The number of rotatable bonds is 4. The van der Waals surface area contributed by atoms with Crippen molar-refractivity contribution in [3.8, 4) is 0 Å². The molecule has 0 bridgehead atoms. The van der Waals surface area contributed by atoms with Gasteiger partial charge in [-0.25, -0.2) is 0 Å². The number of methoxy groups -OCH3 is 1. The molecule has 0 unspecified atom stereocenters. The fourth-order valence-corrected chi connectivity index (χ4v) is 4.94. The average Bonchev–Trinajstić information content (AvgIpc) is 2.84. The number of benzene rings is 2. The van der Waals surface area contributed by atoms with Crippen LogP contribution in [0.4, 0.5) is 0 Å². The molecule has 0 saturated heterocycles. The van der Waals surface area contributed by atoms with Crippen molar-refractivity contribution < 1.29 is 4.74 Å². The summed E-state index contributed by atoms with van der Waals surface area (Å²) in [6, 6.07) is 17.9. The van der Waals surface area contributed by atoms with Crippen molar-refractivity contribution in [1.82, 2.24) is 0 Å². The quantitative estimate of drug-likeness (QED) is 0.514. The van der Waals surface area contributed by atoms with Gasteiger partial charge in [0, 0.05) is 12.8 Å². The van der Waals surface area contributed by atoms with E-state index < -0.39 is 0 Å². The molecule has 2 aromatic rings. The van der Waals surface area contributed by atoms with E-state index in [9.17, 15) is 0 Å². The number of hydrogen-bond donors (Lipinski definition) is 0. The molecule has 2 heteroatoms. The minimum absolute atomic E-state index is 0.0613. The van der Waals surface area contributed by atoms with Gasteiger partial charge in [-0.05, 0) is 50.3 Å². The molecule has 1 aliphatic carbocycles. The Bertz CT molecular complexity index is 745. The molecule has 0 N–H and O–H groups in total. The molecule has 1 aliphatic rings. The van der Waals surface area contributed by atoms with Crippen molar-refractivity contribution in [3.63, 3.8) is 0 Å². The van der Waals surface area contributed by atoms with Gasteiger partial charge in [0.1, 0.15) is 10.7 Å². The highest BCUT2D eigenvalue weighted by molar-refractivity contribution is 8.00. The van der Waals surface area contributed by atoms with Crippen molar-refractivity contribution in [2.75, 3.05) is 7.11 Å². The van der Waals surface area contributed by atoms with Crippen LogP contribution in [-0.2, 0) is 15.6 Å². The molecule has 0 spiro atoms. The van der Waals surface area contributed by atoms with Crippen LogP contribution in [0, 0.1) is 13.8 Å². The lowest BCUT2D eigenvalue weighted by Crippen LogP contribution is -2.08. The summed E-state index contributed by atoms with van der Waals surface area (Å²) in [5.74, 6) is 0.928. The lowest BCUT2D eigenvalue weighted by Gasteiger charge is -2.11. The van der Waals surface area contributed by atoms with Crippen LogP contribution in [0.1, 0.15) is 24.0 Å². The minimum atomic E-state index is -0.0613. The Hall–Kier alpha value is -2.15. The van der Waals surface area contributed by atoms with Crippen LogP contribution in [0.3, 0.4) is 0 Å². The van der Waals surface area contributed by atoms with Crippen LogP contribution in [0.5, 0.6) is 0 Å². The van der Waals surface area contributed by atoms with E-state index in [1.54, 1.807) is 7.11 Å². The maximum Gasteiger partial charge on any atom is 0.166 e. The molecule has 0 aromatic heterocycles. The van der Waals surface area contributed by atoms with Gasteiger partial charge in [0.15, 0.2) is 9.79 Å². The normalized spacial score (nSPS) is 14.2. The van der Waals surface area contributed by atoms with Gasteiger partial charge in [0.05, 0.1) is 18.0 Å². The zero-order valence-corrected chi connectivity index (χ0v) is 15.3. The van der Waals surface area contributed by atoms with E-state index in [-0.39, 0.29) is 10.9 Å². The summed E-state index contributed by atoms with van der Waals surface area (Å²) in [6.45, 7) is 4.27. The second-order valence-electron chi connectivity index (χ2n) is 6.00. The highest BCUT2D eigenvalue weighted by Gasteiger charge is 2.31. The van der Waals surface area contributed by atoms with Crippen LogP contribution in [0.15, 0.2) is 86.9 Å². The summed E-state index contributed by atoms with van der Waals surface area (Å²) in [7, 11) is 1.66. The fraction of sp³-hybridized carbons (Fsp3) is 0.227. The standard InChI is InChI=1S/C22H23OS/c1-17-7-12-21(13-8-17)24(22-14-9-18(2)10-15-22)20-6-4-5-19(23-3)11-16-20/h4,6-10,12-15H,11,16H2,1-3H3/q+1. The van der Waals surface area contributed by atoms with Gasteiger partial charge in [-0.1, -0.05) is 41.1 Å². The molecular formula is C22H23OS+. The summed E-state index contributed by atoms with van der Waals surface area (Å²) >= 11 is 0. The summed E-state index contributed by atoms with van der Waals surface area (Å²) < 4.78 is 5.39. The van der Waals surface area contributed by atoms with Crippen LogP contribution in [0.2, 0.25) is 0 Å². The Morgan fingerprint density at radius 2 is 1.38 bits per heavy atom. The first kappa shape index (κ1) is 16.7. The van der Waals surface area contributed by atoms with Crippen LogP contribution in [-0.4, -0.2) is 7.11 Å². The van der Waals surface area contributed by atoms with E-state index in [1.165, 1.54) is 25.8 Å². The monoisotopic (exact) mass is 335 g/mol. The molecule has 1 nitrogen and oxygen atoms in total. The molecule has 3 rings (SSSR count). The van der Waals surface area contributed by atoms with E-state index in [2.05, 4.69) is 74.2 Å². The van der Waals surface area contributed by atoms with Gasteiger partial charge in [-0.2, -0.15) is 0 Å². The van der Waals surface area contributed by atoms with E-state index >= 15 is 0 Å². The Morgan fingerprint density at radius 1 is 0.833 bits per heavy atom. The highest BCUT2D eigenvalue weighted by atomic mass is 32.2. The highest BCUT2D eigenvalue weighted by Crippen LogP contribution is 2.34. The molecule has 0 atom stereocenters. The lowest BCUT2D eigenvalue weighted by molar-refractivity contribution is 0.279. The van der Waals surface area contributed by atoms with Gasteiger partial charge in [0.2, 0.25) is 0 Å². The summed E-state index contributed by atoms with van der Waals surface area (Å²) in [5, 5.41) is 0. The number of aryl methyl sites for hydroxylation is 2. The first-order chi connectivity index (χ1) is 11.7. The maximum atomic E-state index is 5.39. The SMILES string of the molecule is COC1=C=CC=C([S+](c2ccc(C)cc2)c2ccc(C)cc2)CC1. The molecule has 24 heavy (non-hydrogen) atoms. The molecule has 0 radical (unpaired) electrons. The van der Waals surface area contributed by atoms with Gasteiger partial charge in [-0.3, -0.25) is 0 Å². The second kappa shape index (κ2) is 7.61. The van der Waals surface area contributed by atoms with Gasteiger partial charge in [0.25, 0.3) is 0 Å². The molecule has 0 heterocycles. The predicted molar refractivity (Wildman–Crippen MR) is 102 cm³/mol. The molecule has 0 amide bonds. The van der Waals surface area contributed by atoms with E-state index in [4.69, 9.17) is 4.74 Å². The van der Waals surface area contributed by atoms with Gasteiger partial charge >= 0.3 is 0 Å². The third kappa shape index (κ3) is 3.84. The average molecular weight is 335 g/mol. The van der Waals surface area contributed by atoms with Gasteiger partial charge in [-0.15, -0.1) is 0 Å². The third-order valence-electron chi connectivity index (χ3n) is 4.13. The first-order valence-corrected chi connectivity index (χ1v) is 9.46. The Morgan fingerprint density at radius 3 is 1.88 bits per heavy atom. The minimum Gasteiger partial charge on any atom is -0.493 e. The molecule has 2 aromatic carbocycles. The molecule has 0 aliphatic heterocycles. The molecule has 122 valence electrons. The van der Waals surface area contributed by atoms with Gasteiger partial charge < -0.3 is 4.74 Å². The predicted octanol–water partition coefficient (Wildman–Crippen LogP) is 5.70. The zero-order valence-electron chi connectivity index (χ0n) is 14.5. The molecular weight excluding hydrogens is 312 g/mol. The zero-order chi connectivity index (χ0) is 16.9. The second-order valence-corrected chi connectivity index (χ2v) is 8.08. The summed E-state index contributed by atoms with van der Waals surface area (Å²) in [5.41, 5.74) is 5.83. The number of hydrogen-bond acceptors (Lipinski definition) is 1. The lowest BCUT2D eigenvalue weighted by atomic mass is 10.2. The Kier molecular flexibility index (Phi) is 5.30. The van der Waals surface area contributed by atoms with E-state index in [0.29, 0.717) is 0 Å². The third-order valence-corrected chi connectivity index (χ3v) is 6.49. The summed E-state index contributed by atoms with van der Waals surface area (Å²) in [6.07, 6.45) is 6.12. The topological polar surface area (TPSA) is 9.23 Å². The van der Waals surface area contributed by atoms with Crippen molar-refractivity contribution in [1.29, 1.82) is 0 Å². The van der Waals surface area contributed by atoms with Crippen molar-refractivity contribution in [3.05, 3.63) is 88.2 Å². The van der Waals surface area contributed by atoms with Crippen LogP contribution >= 0.6 is 0 Å². The molecule has 0 saturated carbocycles. The largest absolute Gasteiger partial charge is 0.493 e. The summed E-state index contributed by atoms with van der Waals surface area (Å²) in [4.78, 5) is 4.16.